The number of hydrogen-bond donors (Lipinski definition) is 2. The summed E-state index contributed by atoms with van der Waals surface area (Å²) in [5.41, 5.74) is -0.208. The van der Waals surface area contributed by atoms with E-state index in [2.05, 4.69) is 15.6 Å². The maximum Gasteiger partial charge on any atom is 0.407 e. The molecule has 150 valence electrons. The van der Waals surface area contributed by atoms with Gasteiger partial charge in [0.25, 0.3) is 0 Å². The van der Waals surface area contributed by atoms with E-state index in [-0.39, 0.29) is 29.6 Å². The smallest absolute Gasteiger partial charge is 0.407 e. The molecule has 0 radical (unpaired) electrons. The third-order valence-corrected chi connectivity index (χ3v) is 4.26. The first-order chi connectivity index (χ1) is 12.7. The Kier molecular flexibility index (Phi) is 6.87. The molecule has 0 bridgehead atoms. The van der Waals surface area contributed by atoms with E-state index in [1.807, 2.05) is 20.8 Å². The Morgan fingerprint density at radius 3 is 2.26 bits per heavy atom. The van der Waals surface area contributed by atoms with Gasteiger partial charge in [0.2, 0.25) is 5.88 Å². The third kappa shape index (κ3) is 6.30. The molecule has 0 spiro atoms. The van der Waals surface area contributed by atoms with E-state index in [4.69, 9.17) is 14.2 Å². The van der Waals surface area contributed by atoms with Crippen LogP contribution >= 0.6 is 0 Å². The molecule has 2 rings (SSSR count). The highest BCUT2D eigenvalue weighted by atomic mass is 16.6. The van der Waals surface area contributed by atoms with Crippen LogP contribution in [0.1, 0.15) is 56.8 Å². The fraction of sp³-hybridized carbons (Fsp3) is 0.632. The van der Waals surface area contributed by atoms with Crippen molar-refractivity contribution in [3.63, 3.8) is 0 Å². The van der Waals surface area contributed by atoms with Gasteiger partial charge in [0.05, 0.1) is 14.2 Å². The first-order valence-electron chi connectivity index (χ1n) is 9.11. The second-order valence-electron chi connectivity index (χ2n) is 7.58. The molecule has 0 saturated heterocycles. The van der Waals surface area contributed by atoms with Crippen LogP contribution in [0.2, 0.25) is 0 Å². The summed E-state index contributed by atoms with van der Waals surface area (Å²) in [5.74, 6) is 0.384. The van der Waals surface area contributed by atoms with Crippen LogP contribution in [0.25, 0.3) is 0 Å². The van der Waals surface area contributed by atoms with E-state index in [0.717, 1.165) is 25.7 Å². The Labute approximate surface area is 160 Å². The molecule has 27 heavy (non-hydrogen) atoms. The predicted molar refractivity (Wildman–Crippen MR) is 101 cm³/mol. The first kappa shape index (κ1) is 20.8. The summed E-state index contributed by atoms with van der Waals surface area (Å²) in [4.78, 5) is 27.9. The lowest BCUT2D eigenvalue weighted by molar-refractivity contribution is 0.0491. The number of pyridine rings is 1. The van der Waals surface area contributed by atoms with Crippen molar-refractivity contribution in [1.82, 2.24) is 10.3 Å². The number of aromatic nitrogens is 1. The normalized spacial score (nSPS) is 19.7. The van der Waals surface area contributed by atoms with Crippen molar-refractivity contribution in [3.8, 4) is 5.88 Å². The Morgan fingerprint density at radius 2 is 1.70 bits per heavy atom. The van der Waals surface area contributed by atoms with Crippen LogP contribution in [0.15, 0.2) is 12.1 Å². The highest BCUT2D eigenvalue weighted by Gasteiger charge is 2.25. The van der Waals surface area contributed by atoms with Gasteiger partial charge in [-0.1, -0.05) is 0 Å². The van der Waals surface area contributed by atoms with Gasteiger partial charge in [0.1, 0.15) is 17.0 Å². The van der Waals surface area contributed by atoms with Gasteiger partial charge in [-0.05, 0) is 58.6 Å². The number of rotatable bonds is 5. The fourth-order valence-corrected chi connectivity index (χ4v) is 3.01. The van der Waals surface area contributed by atoms with Crippen molar-refractivity contribution in [3.05, 3.63) is 17.7 Å². The van der Waals surface area contributed by atoms with Crippen LogP contribution in [0.5, 0.6) is 5.88 Å². The molecule has 1 saturated carbocycles. The predicted octanol–water partition coefficient (Wildman–Crippen LogP) is 3.12. The fourth-order valence-electron chi connectivity index (χ4n) is 3.01. The van der Waals surface area contributed by atoms with E-state index in [9.17, 15) is 9.59 Å². The molecule has 1 fully saturated rings. The monoisotopic (exact) mass is 379 g/mol. The van der Waals surface area contributed by atoms with Crippen molar-refractivity contribution in [2.75, 3.05) is 19.5 Å². The maximum absolute atomic E-state index is 11.9. The Bertz CT molecular complexity index is 664. The molecule has 1 aliphatic carbocycles. The topological polar surface area (TPSA) is 98.8 Å². The second-order valence-corrected chi connectivity index (χ2v) is 7.58. The molecule has 2 N–H and O–H groups in total. The number of nitrogens with zero attached hydrogens (tertiary/aromatic N) is 1. The molecule has 1 aromatic rings. The van der Waals surface area contributed by atoms with Crippen molar-refractivity contribution in [2.45, 2.75) is 64.1 Å². The van der Waals surface area contributed by atoms with Gasteiger partial charge in [-0.2, -0.15) is 4.98 Å². The summed E-state index contributed by atoms with van der Waals surface area (Å²) in [6.07, 6.45) is 3.12. The lowest BCUT2D eigenvalue weighted by Gasteiger charge is -2.30. The number of amides is 1. The molecule has 1 aliphatic rings. The molecule has 0 atom stereocenters. The van der Waals surface area contributed by atoms with Crippen molar-refractivity contribution >= 4 is 17.9 Å². The second kappa shape index (κ2) is 8.92. The zero-order chi connectivity index (χ0) is 20.0. The van der Waals surface area contributed by atoms with Gasteiger partial charge in [-0.25, -0.2) is 9.59 Å². The Balaban J connectivity index is 1.87. The van der Waals surface area contributed by atoms with Crippen LogP contribution < -0.4 is 15.4 Å². The molecule has 1 aromatic heterocycles. The Hall–Kier alpha value is -2.51. The van der Waals surface area contributed by atoms with E-state index in [1.54, 1.807) is 12.1 Å². The minimum Gasteiger partial charge on any atom is -0.480 e. The van der Waals surface area contributed by atoms with Crippen molar-refractivity contribution in [1.29, 1.82) is 0 Å². The largest absolute Gasteiger partial charge is 0.480 e. The summed E-state index contributed by atoms with van der Waals surface area (Å²) >= 11 is 0. The molecule has 1 amide bonds. The lowest BCUT2D eigenvalue weighted by Crippen LogP contribution is -2.42. The maximum atomic E-state index is 11.9. The summed E-state index contributed by atoms with van der Waals surface area (Å²) in [6, 6.07) is 3.72. The van der Waals surface area contributed by atoms with E-state index < -0.39 is 11.6 Å². The number of anilines is 1. The van der Waals surface area contributed by atoms with Gasteiger partial charge in [-0.15, -0.1) is 0 Å². The molecule has 0 unspecified atom stereocenters. The average molecular weight is 379 g/mol. The highest BCUT2D eigenvalue weighted by Crippen LogP contribution is 2.24. The summed E-state index contributed by atoms with van der Waals surface area (Å²) in [6.45, 7) is 5.54. The summed E-state index contributed by atoms with van der Waals surface area (Å²) < 4.78 is 15.2. The minimum atomic E-state index is -0.496. The van der Waals surface area contributed by atoms with E-state index >= 15 is 0 Å². The number of esters is 1. The van der Waals surface area contributed by atoms with E-state index in [0.29, 0.717) is 5.82 Å². The molecule has 1 heterocycles. The van der Waals surface area contributed by atoms with Gasteiger partial charge >= 0.3 is 12.1 Å². The molecule has 8 heteroatoms. The van der Waals surface area contributed by atoms with Crippen LogP contribution in [-0.2, 0) is 9.47 Å². The standard InChI is InChI=1S/C19H29N3O5/c1-19(2,3)27-18(24)21-13-8-6-12(7-9-13)20-15-11-10-14(17(23)26-5)16(22-15)25-4/h10-13H,6-9H2,1-5H3,(H,20,22)(H,21,24). The quantitative estimate of drug-likeness (QED) is 0.758. The number of nitrogens with one attached hydrogen (secondary N) is 2. The number of ether oxygens (including phenoxy) is 3. The van der Waals surface area contributed by atoms with Crippen molar-refractivity contribution < 1.29 is 23.8 Å². The minimum absolute atomic E-state index is 0.113. The van der Waals surface area contributed by atoms with Gasteiger partial charge in [-0.3, -0.25) is 0 Å². The lowest BCUT2D eigenvalue weighted by atomic mass is 9.91. The molecular formula is C19H29N3O5. The SMILES string of the molecule is COC(=O)c1ccc(NC2CCC(NC(=O)OC(C)(C)C)CC2)nc1OC. The molecule has 8 nitrogen and oxygen atoms in total. The van der Waals surface area contributed by atoms with Crippen LogP contribution in [0.4, 0.5) is 10.6 Å². The van der Waals surface area contributed by atoms with E-state index in [1.165, 1.54) is 14.2 Å². The molecular weight excluding hydrogens is 350 g/mol. The Morgan fingerprint density at radius 1 is 1.07 bits per heavy atom. The number of methoxy groups -OCH3 is 2. The first-order valence-corrected chi connectivity index (χ1v) is 9.11. The number of carbonyl (C=O) groups is 2. The number of carbonyl (C=O) groups excluding carboxylic acids is 2. The third-order valence-electron chi connectivity index (χ3n) is 4.26. The number of alkyl carbamates (subject to hydrolysis) is 1. The summed E-state index contributed by atoms with van der Waals surface area (Å²) in [7, 11) is 2.78. The zero-order valence-corrected chi connectivity index (χ0v) is 16.6. The van der Waals surface area contributed by atoms with Gasteiger partial charge < -0.3 is 24.8 Å². The highest BCUT2D eigenvalue weighted by molar-refractivity contribution is 5.92. The summed E-state index contributed by atoms with van der Waals surface area (Å²) in [5, 5.41) is 6.29. The van der Waals surface area contributed by atoms with Crippen LogP contribution in [-0.4, -0.2) is 49.0 Å². The van der Waals surface area contributed by atoms with Crippen LogP contribution in [0, 0.1) is 0 Å². The number of hydrogen-bond acceptors (Lipinski definition) is 7. The average Bonchev–Trinajstić information content (AvgIpc) is 2.61. The van der Waals surface area contributed by atoms with Crippen LogP contribution in [0.3, 0.4) is 0 Å². The molecule has 0 aromatic carbocycles. The van der Waals surface area contributed by atoms with Gasteiger partial charge in [0.15, 0.2) is 0 Å². The van der Waals surface area contributed by atoms with Gasteiger partial charge in [0, 0.05) is 12.1 Å². The van der Waals surface area contributed by atoms with Crippen molar-refractivity contribution in [2.24, 2.45) is 0 Å². The zero-order valence-electron chi connectivity index (χ0n) is 16.6. The molecule has 0 aliphatic heterocycles.